The number of carbonyl (C=O) groups excluding carboxylic acids is 1. The van der Waals surface area contributed by atoms with Gasteiger partial charge in [-0.2, -0.15) is 0 Å². The maximum Gasteiger partial charge on any atom is 0.317 e. The number of carbonyl (C=O) groups is 2. The van der Waals surface area contributed by atoms with Gasteiger partial charge in [0.1, 0.15) is 0 Å². The second kappa shape index (κ2) is 7.33. The first-order valence-corrected chi connectivity index (χ1v) is 6.85. The van der Waals surface area contributed by atoms with Gasteiger partial charge in [0, 0.05) is 19.1 Å². The Morgan fingerprint density at radius 1 is 1.37 bits per heavy atom. The number of aliphatic hydroxyl groups excluding tert-OH is 1. The van der Waals surface area contributed by atoms with Crippen LogP contribution < -0.4 is 5.32 Å². The Labute approximate surface area is 113 Å². The number of aliphatic hydroxyl groups is 1. The fourth-order valence-corrected chi connectivity index (χ4v) is 2.63. The third kappa shape index (κ3) is 4.38. The largest absolute Gasteiger partial charge is 0.481 e. The molecule has 0 bridgehead atoms. The summed E-state index contributed by atoms with van der Waals surface area (Å²) in [7, 11) is 0. The van der Waals surface area contributed by atoms with E-state index in [2.05, 4.69) is 5.32 Å². The standard InChI is InChI=1S/C13H24N2O4/c1-9(2)15(6-7-16)13(19)14-8-10-4-3-5-11(10)12(17)18/h9-11,16H,3-8H2,1-2H3,(H,14,19)(H,17,18). The average Bonchev–Trinajstić information content (AvgIpc) is 2.81. The molecule has 0 heterocycles. The molecule has 3 N–H and O–H groups in total. The molecular formula is C13H24N2O4. The highest BCUT2D eigenvalue weighted by molar-refractivity contribution is 5.75. The molecule has 1 aliphatic carbocycles. The molecule has 110 valence electrons. The van der Waals surface area contributed by atoms with Crippen LogP contribution in [0.3, 0.4) is 0 Å². The smallest absolute Gasteiger partial charge is 0.317 e. The van der Waals surface area contributed by atoms with E-state index >= 15 is 0 Å². The summed E-state index contributed by atoms with van der Waals surface area (Å²) >= 11 is 0. The third-order valence-corrected chi connectivity index (χ3v) is 3.72. The minimum absolute atomic E-state index is 0.00555. The lowest BCUT2D eigenvalue weighted by molar-refractivity contribution is -0.142. The zero-order valence-electron chi connectivity index (χ0n) is 11.6. The van der Waals surface area contributed by atoms with Crippen molar-refractivity contribution in [1.82, 2.24) is 10.2 Å². The number of hydrogen-bond donors (Lipinski definition) is 3. The summed E-state index contributed by atoms with van der Waals surface area (Å²) in [6.07, 6.45) is 2.45. The van der Waals surface area contributed by atoms with Crippen LogP contribution in [-0.4, -0.2) is 52.9 Å². The van der Waals surface area contributed by atoms with Gasteiger partial charge in [0.25, 0.3) is 0 Å². The van der Waals surface area contributed by atoms with E-state index in [-0.39, 0.29) is 37.1 Å². The van der Waals surface area contributed by atoms with E-state index < -0.39 is 5.97 Å². The van der Waals surface area contributed by atoms with Crippen LogP contribution in [0, 0.1) is 11.8 Å². The molecule has 2 unspecified atom stereocenters. The summed E-state index contributed by atoms with van der Waals surface area (Å²) in [5.74, 6) is -1.09. The highest BCUT2D eigenvalue weighted by atomic mass is 16.4. The van der Waals surface area contributed by atoms with Crippen LogP contribution in [0.4, 0.5) is 4.79 Å². The first-order chi connectivity index (χ1) is 8.97. The number of carboxylic acid groups (broad SMARTS) is 1. The van der Waals surface area contributed by atoms with Gasteiger partial charge in [-0.3, -0.25) is 4.79 Å². The van der Waals surface area contributed by atoms with Crippen molar-refractivity contribution in [1.29, 1.82) is 0 Å². The lowest BCUT2D eigenvalue weighted by Crippen LogP contribution is -2.47. The van der Waals surface area contributed by atoms with Crippen molar-refractivity contribution in [3.63, 3.8) is 0 Å². The second-order valence-corrected chi connectivity index (χ2v) is 5.33. The van der Waals surface area contributed by atoms with Crippen LogP contribution in [0.25, 0.3) is 0 Å². The lowest BCUT2D eigenvalue weighted by Gasteiger charge is -2.27. The topological polar surface area (TPSA) is 89.9 Å². The zero-order chi connectivity index (χ0) is 14.4. The zero-order valence-corrected chi connectivity index (χ0v) is 11.6. The second-order valence-electron chi connectivity index (χ2n) is 5.33. The van der Waals surface area contributed by atoms with Crippen molar-refractivity contribution in [3.05, 3.63) is 0 Å². The number of amides is 2. The Morgan fingerprint density at radius 2 is 2.05 bits per heavy atom. The summed E-state index contributed by atoms with van der Waals surface area (Å²) in [6.45, 7) is 4.36. The van der Waals surface area contributed by atoms with E-state index in [0.29, 0.717) is 13.0 Å². The summed E-state index contributed by atoms with van der Waals surface area (Å²) in [5, 5.41) is 20.8. The van der Waals surface area contributed by atoms with Gasteiger partial charge in [-0.1, -0.05) is 6.42 Å². The van der Waals surface area contributed by atoms with Gasteiger partial charge in [-0.05, 0) is 32.6 Å². The van der Waals surface area contributed by atoms with Gasteiger partial charge in [0.05, 0.1) is 12.5 Å². The third-order valence-electron chi connectivity index (χ3n) is 3.72. The van der Waals surface area contributed by atoms with Gasteiger partial charge in [0.2, 0.25) is 0 Å². The van der Waals surface area contributed by atoms with Gasteiger partial charge in [0.15, 0.2) is 0 Å². The average molecular weight is 272 g/mol. The molecule has 1 saturated carbocycles. The van der Waals surface area contributed by atoms with Crippen molar-refractivity contribution in [2.75, 3.05) is 19.7 Å². The first-order valence-electron chi connectivity index (χ1n) is 6.85. The molecule has 0 radical (unpaired) electrons. The fraction of sp³-hybridized carbons (Fsp3) is 0.846. The van der Waals surface area contributed by atoms with Gasteiger partial charge >= 0.3 is 12.0 Å². The number of carboxylic acids is 1. The van der Waals surface area contributed by atoms with Crippen LogP contribution in [-0.2, 0) is 4.79 Å². The van der Waals surface area contributed by atoms with E-state index in [1.807, 2.05) is 13.8 Å². The van der Waals surface area contributed by atoms with Crippen LogP contribution in [0.1, 0.15) is 33.1 Å². The van der Waals surface area contributed by atoms with Gasteiger partial charge < -0.3 is 20.4 Å². The van der Waals surface area contributed by atoms with Crippen LogP contribution >= 0.6 is 0 Å². The monoisotopic (exact) mass is 272 g/mol. The van der Waals surface area contributed by atoms with Gasteiger partial charge in [-0.15, -0.1) is 0 Å². The van der Waals surface area contributed by atoms with E-state index in [1.165, 1.54) is 0 Å². The van der Waals surface area contributed by atoms with Gasteiger partial charge in [-0.25, -0.2) is 4.79 Å². The Morgan fingerprint density at radius 3 is 2.58 bits per heavy atom. The lowest BCUT2D eigenvalue weighted by atomic mass is 9.96. The Hall–Kier alpha value is -1.30. The molecule has 2 atom stereocenters. The highest BCUT2D eigenvalue weighted by Gasteiger charge is 2.33. The predicted octanol–water partition coefficient (Wildman–Crippen LogP) is 0.900. The van der Waals surface area contributed by atoms with Crippen LogP contribution in [0.2, 0.25) is 0 Å². The molecule has 0 aromatic carbocycles. The minimum Gasteiger partial charge on any atom is -0.481 e. The van der Waals surface area contributed by atoms with E-state index in [4.69, 9.17) is 10.2 Å². The summed E-state index contributed by atoms with van der Waals surface area (Å²) in [5.41, 5.74) is 0. The maximum absolute atomic E-state index is 12.0. The molecule has 19 heavy (non-hydrogen) atoms. The Kier molecular flexibility index (Phi) is 6.08. The highest BCUT2D eigenvalue weighted by Crippen LogP contribution is 2.31. The van der Waals surface area contributed by atoms with Crippen molar-refractivity contribution < 1.29 is 19.8 Å². The molecule has 0 spiro atoms. The normalized spacial score (nSPS) is 22.5. The van der Waals surface area contributed by atoms with Crippen molar-refractivity contribution in [2.24, 2.45) is 11.8 Å². The molecule has 6 heteroatoms. The first kappa shape index (κ1) is 15.8. The van der Waals surface area contributed by atoms with Crippen LogP contribution in [0.15, 0.2) is 0 Å². The quantitative estimate of drug-likeness (QED) is 0.670. The van der Waals surface area contributed by atoms with Crippen molar-refractivity contribution in [2.45, 2.75) is 39.2 Å². The molecule has 1 fully saturated rings. The Balaban J connectivity index is 2.46. The predicted molar refractivity (Wildman–Crippen MR) is 70.8 cm³/mol. The number of nitrogens with one attached hydrogen (secondary N) is 1. The number of urea groups is 1. The molecule has 1 aliphatic rings. The van der Waals surface area contributed by atoms with E-state index in [0.717, 1.165) is 12.8 Å². The Bertz CT molecular complexity index is 320. The number of nitrogens with zero attached hydrogens (tertiary/aromatic N) is 1. The molecule has 2 amide bonds. The maximum atomic E-state index is 12.0. The van der Waals surface area contributed by atoms with Crippen molar-refractivity contribution >= 4 is 12.0 Å². The summed E-state index contributed by atoms with van der Waals surface area (Å²) in [4.78, 5) is 24.6. The van der Waals surface area contributed by atoms with Crippen molar-refractivity contribution in [3.8, 4) is 0 Å². The number of aliphatic carboxylic acids is 1. The summed E-state index contributed by atoms with van der Waals surface area (Å²) < 4.78 is 0. The molecule has 1 rings (SSSR count). The molecule has 0 saturated heterocycles. The van der Waals surface area contributed by atoms with E-state index in [9.17, 15) is 9.59 Å². The van der Waals surface area contributed by atoms with Crippen LogP contribution in [0.5, 0.6) is 0 Å². The fourth-order valence-electron chi connectivity index (χ4n) is 2.63. The number of rotatable bonds is 6. The SMILES string of the molecule is CC(C)N(CCO)C(=O)NCC1CCCC1C(=O)O. The van der Waals surface area contributed by atoms with E-state index in [1.54, 1.807) is 4.90 Å². The molecule has 0 aromatic rings. The molecular weight excluding hydrogens is 248 g/mol. The molecule has 0 aromatic heterocycles. The number of hydrogen-bond acceptors (Lipinski definition) is 3. The minimum atomic E-state index is -0.771. The summed E-state index contributed by atoms with van der Waals surface area (Å²) in [6, 6.07) is -0.230. The molecule has 6 nitrogen and oxygen atoms in total. The molecule has 0 aliphatic heterocycles.